The molecule has 0 aliphatic heterocycles. The van der Waals surface area contributed by atoms with E-state index >= 15 is 0 Å². The van der Waals surface area contributed by atoms with Crippen molar-refractivity contribution in [1.82, 2.24) is 0 Å². The van der Waals surface area contributed by atoms with E-state index in [1.54, 1.807) is 30.0 Å². The van der Waals surface area contributed by atoms with Gasteiger partial charge in [0.25, 0.3) is 0 Å². The number of nitrogen functional groups attached to an aromatic ring is 1. The van der Waals surface area contributed by atoms with Gasteiger partial charge >= 0.3 is 0 Å². The Labute approximate surface area is 123 Å². The molecule has 0 atom stereocenters. The molecule has 0 heterocycles. The molecular formula is C16H18N2OS. The number of rotatable bonds is 4. The minimum atomic E-state index is -0.444. The SMILES string of the molecule is Cc1cc(C)cc(CSc2c(N)cccc2C(N)=O)c1. The number of hydrogen-bond donors (Lipinski definition) is 2. The van der Waals surface area contributed by atoms with E-state index in [1.165, 1.54) is 16.7 Å². The summed E-state index contributed by atoms with van der Waals surface area (Å²) in [4.78, 5) is 12.2. The first-order valence-electron chi connectivity index (χ1n) is 6.35. The molecule has 1 amide bonds. The van der Waals surface area contributed by atoms with Crippen LogP contribution in [0.1, 0.15) is 27.0 Å². The third-order valence-corrected chi connectivity index (χ3v) is 4.20. The molecule has 0 fully saturated rings. The monoisotopic (exact) mass is 286 g/mol. The van der Waals surface area contributed by atoms with Crippen molar-refractivity contribution in [2.45, 2.75) is 24.5 Å². The Bertz CT molecular complexity index is 633. The topological polar surface area (TPSA) is 69.1 Å². The number of anilines is 1. The molecule has 2 aromatic carbocycles. The van der Waals surface area contributed by atoms with Crippen molar-refractivity contribution in [3.05, 3.63) is 58.7 Å². The highest BCUT2D eigenvalue weighted by molar-refractivity contribution is 7.98. The molecular weight excluding hydrogens is 268 g/mol. The van der Waals surface area contributed by atoms with Gasteiger partial charge in [0, 0.05) is 16.3 Å². The van der Waals surface area contributed by atoms with E-state index in [2.05, 4.69) is 32.0 Å². The molecule has 2 aromatic rings. The van der Waals surface area contributed by atoms with E-state index in [-0.39, 0.29) is 0 Å². The van der Waals surface area contributed by atoms with Gasteiger partial charge in [-0.25, -0.2) is 0 Å². The Morgan fingerprint density at radius 2 is 1.80 bits per heavy atom. The van der Waals surface area contributed by atoms with Crippen molar-refractivity contribution in [3.63, 3.8) is 0 Å². The number of carbonyl (C=O) groups excluding carboxylic acids is 1. The summed E-state index contributed by atoms with van der Waals surface area (Å²) in [5.41, 5.74) is 16.1. The molecule has 4 heteroatoms. The van der Waals surface area contributed by atoms with Gasteiger partial charge in [-0.15, -0.1) is 11.8 Å². The highest BCUT2D eigenvalue weighted by Crippen LogP contribution is 2.31. The normalized spacial score (nSPS) is 10.5. The Hall–Kier alpha value is -1.94. The molecule has 3 nitrogen and oxygen atoms in total. The largest absolute Gasteiger partial charge is 0.398 e. The Morgan fingerprint density at radius 3 is 2.40 bits per heavy atom. The molecule has 0 radical (unpaired) electrons. The zero-order valence-electron chi connectivity index (χ0n) is 11.6. The standard InChI is InChI=1S/C16H18N2OS/c1-10-6-11(2)8-12(7-10)9-20-15-13(16(18)19)4-3-5-14(15)17/h3-8H,9,17H2,1-2H3,(H2,18,19). The van der Waals surface area contributed by atoms with Crippen LogP contribution in [0.2, 0.25) is 0 Å². The first kappa shape index (κ1) is 14.5. The van der Waals surface area contributed by atoms with Gasteiger partial charge in [-0.1, -0.05) is 35.4 Å². The maximum atomic E-state index is 11.4. The van der Waals surface area contributed by atoms with E-state index in [9.17, 15) is 4.79 Å². The van der Waals surface area contributed by atoms with Crippen LogP contribution in [0.15, 0.2) is 41.3 Å². The molecule has 0 aliphatic rings. The van der Waals surface area contributed by atoms with Crippen LogP contribution in [0.5, 0.6) is 0 Å². The van der Waals surface area contributed by atoms with Crippen molar-refractivity contribution >= 4 is 23.4 Å². The molecule has 0 saturated heterocycles. The summed E-state index contributed by atoms with van der Waals surface area (Å²) in [7, 11) is 0. The molecule has 0 unspecified atom stereocenters. The molecule has 0 spiro atoms. The fourth-order valence-electron chi connectivity index (χ4n) is 2.22. The predicted molar refractivity (Wildman–Crippen MR) is 84.8 cm³/mol. The molecule has 104 valence electrons. The number of carbonyl (C=O) groups is 1. The Balaban J connectivity index is 2.25. The number of hydrogen-bond acceptors (Lipinski definition) is 3. The lowest BCUT2D eigenvalue weighted by Crippen LogP contribution is -2.13. The number of nitrogens with two attached hydrogens (primary N) is 2. The minimum absolute atomic E-state index is 0.444. The lowest BCUT2D eigenvalue weighted by atomic mass is 10.1. The van der Waals surface area contributed by atoms with Gasteiger partial charge in [-0.3, -0.25) is 4.79 Å². The van der Waals surface area contributed by atoms with Gasteiger partial charge in [-0.2, -0.15) is 0 Å². The predicted octanol–water partition coefficient (Wildman–Crippen LogP) is 3.28. The Morgan fingerprint density at radius 1 is 1.15 bits per heavy atom. The van der Waals surface area contributed by atoms with Gasteiger partial charge in [0.05, 0.1) is 5.56 Å². The van der Waals surface area contributed by atoms with Crippen molar-refractivity contribution in [1.29, 1.82) is 0 Å². The van der Waals surface area contributed by atoms with Gasteiger partial charge in [0.2, 0.25) is 5.91 Å². The Kier molecular flexibility index (Phi) is 4.35. The van der Waals surface area contributed by atoms with Crippen molar-refractivity contribution in [2.24, 2.45) is 5.73 Å². The average Bonchev–Trinajstić information content (AvgIpc) is 2.35. The van der Waals surface area contributed by atoms with Gasteiger partial charge < -0.3 is 11.5 Å². The molecule has 0 aliphatic carbocycles. The van der Waals surface area contributed by atoms with Crippen LogP contribution >= 0.6 is 11.8 Å². The number of primary amides is 1. The highest BCUT2D eigenvalue weighted by Gasteiger charge is 2.11. The van der Waals surface area contributed by atoms with Crippen LogP contribution in [0.3, 0.4) is 0 Å². The summed E-state index contributed by atoms with van der Waals surface area (Å²) >= 11 is 1.55. The van der Waals surface area contributed by atoms with Gasteiger partial charge in [0.1, 0.15) is 0 Å². The van der Waals surface area contributed by atoms with Crippen LogP contribution in [0.4, 0.5) is 5.69 Å². The summed E-state index contributed by atoms with van der Waals surface area (Å²) < 4.78 is 0. The zero-order valence-corrected chi connectivity index (χ0v) is 12.5. The molecule has 20 heavy (non-hydrogen) atoms. The lowest BCUT2D eigenvalue weighted by Gasteiger charge is -2.10. The van der Waals surface area contributed by atoms with E-state index in [4.69, 9.17) is 11.5 Å². The summed E-state index contributed by atoms with van der Waals surface area (Å²) in [6, 6.07) is 11.7. The van der Waals surface area contributed by atoms with E-state index in [0.717, 1.165) is 10.6 Å². The number of thioether (sulfide) groups is 1. The number of benzene rings is 2. The first-order valence-corrected chi connectivity index (χ1v) is 7.34. The van der Waals surface area contributed by atoms with Crippen molar-refractivity contribution in [2.75, 3.05) is 5.73 Å². The van der Waals surface area contributed by atoms with E-state index in [1.807, 2.05) is 0 Å². The van der Waals surface area contributed by atoms with Crippen LogP contribution in [-0.4, -0.2) is 5.91 Å². The lowest BCUT2D eigenvalue weighted by molar-refractivity contribution is 0.0997. The average molecular weight is 286 g/mol. The van der Waals surface area contributed by atoms with Crippen LogP contribution in [0, 0.1) is 13.8 Å². The summed E-state index contributed by atoms with van der Waals surface area (Å²) in [6.07, 6.45) is 0. The summed E-state index contributed by atoms with van der Waals surface area (Å²) in [5, 5.41) is 0. The van der Waals surface area contributed by atoms with E-state index in [0.29, 0.717) is 11.3 Å². The highest BCUT2D eigenvalue weighted by atomic mass is 32.2. The maximum Gasteiger partial charge on any atom is 0.249 e. The number of aryl methyl sites for hydroxylation is 2. The number of amides is 1. The second-order valence-electron chi connectivity index (χ2n) is 4.87. The van der Waals surface area contributed by atoms with Crippen molar-refractivity contribution in [3.8, 4) is 0 Å². The smallest absolute Gasteiger partial charge is 0.249 e. The molecule has 0 bridgehead atoms. The van der Waals surface area contributed by atoms with Crippen molar-refractivity contribution < 1.29 is 4.79 Å². The third-order valence-electron chi connectivity index (χ3n) is 2.98. The third kappa shape index (κ3) is 3.33. The summed E-state index contributed by atoms with van der Waals surface area (Å²) in [5.74, 6) is 0.317. The molecule has 4 N–H and O–H groups in total. The molecule has 0 saturated carbocycles. The quantitative estimate of drug-likeness (QED) is 0.669. The van der Waals surface area contributed by atoms with Gasteiger partial charge in [0.15, 0.2) is 0 Å². The first-order chi connectivity index (χ1) is 9.47. The maximum absolute atomic E-state index is 11.4. The summed E-state index contributed by atoms with van der Waals surface area (Å²) in [6.45, 7) is 4.15. The minimum Gasteiger partial charge on any atom is -0.398 e. The van der Waals surface area contributed by atoms with E-state index < -0.39 is 5.91 Å². The fraction of sp³-hybridized carbons (Fsp3) is 0.188. The fourth-order valence-corrected chi connectivity index (χ4v) is 3.25. The molecule has 0 aromatic heterocycles. The van der Waals surface area contributed by atoms with Crippen LogP contribution in [-0.2, 0) is 5.75 Å². The second kappa shape index (κ2) is 6.01. The van der Waals surface area contributed by atoms with Gasteiger partial charge in [-0.05, 0) is 31.5 Å². The van der Waals surface area contributed by atoms with Crippen LogP contribution < -0.4 is 11.5 Å². The molecule has 2 rings (SSSR count). The zero-order chi connectivity index (χ0) is 14.7. The van der Waals surface area contributed by atoms with Crippen LogP contribution in [0.25, 0.3) is 0 Å². The second-order valence-corrected chi connectivity index (χ2v) is 5.86.